The average Bonchev–Trinajstić information content (AvgIpc) is 2.15. The largest absolute Gasteiger partial charge is 0.383 e. The fourth-order valence-electron chi connectivity index (χ4n) is 2.22. The number of carbonyl (C=O) groups is 2. The normalized spacial score (nSPS) is 24.5. The van der Waals surface area contributed by atoms with E-state index in [1.807, 2.05) is 6.92 Å². The second-order valence-corrected chi connectivity index (χ2v) is 5.62. The Bertz CT molecular complexity index is 337. The van der Waals surface area contributed by atoms with Crippen LogP contribution in [0.25, 0.3) is 0 Å². The minimum absolute atomic E-state index is 0.0772. The van der Waals surface area contributed by atoms with E-state index >= 15 is 0 Å². The van der Waals surface area contributed by atoms with Gasteiger partial charge < -0.3 is 15.0 Å². The zero-order valence-corrected chi connectivity index (χ0v) is 11.5. The van der Waals surface area contributed by atoms with Crippen molar-refractivity contribution < 1.29 is 14.3 Å². The van der Waals surface area contributed by atoms with Gasteiger partial charge in [-0.15, -0.1) is 0 Å². The molecule has 0 aromatic rings. The number of piperazine rings is 1. The van der Waals surface area contributed by atoms with Crippen LogP contribution in [-0.2, 0) is 14.3 Å². The monoisotopic (exact) mass is 242 g/mol. The van der Waals surface area contributed by atoms with Crippen molar-refractivity contribution in [1.82, 2.24) is 10.2 Å². The number of hydrogen-bond acceptors (Lipinski definition) is 3. The summed E-state index contributed by atoms with van der Waals surface area (Å²) in [5, 5.41) is 2.75. The number of carbonyl (C=O) groups excluding carboxylic acids is 2. The van der Waals surface area contributed by atoms with Crippen LogP contribution >= 0.6 is 0 Å². The van der Waals surface area contributed by atoms with Crippen LogP contribution in [-0.4, -0.2) is 47.6 Å². The van der Waals surface area contributed by atoms with Crippen molar-refractivity contribution in [3.05, 3.63) is 0 Å². The molecule has 5 heteroatoms. The first kappa shape index (κ1) is 14.0. The maximum absolute atomic E-state index is 12.4. The number of ether oxygens (including phenoxy) is 1. The molecule has 17 heavy (non-hydrogen) atoms. The Kier molecular flexibility index (Phi) is 3.52. The summed E-state index contributed by atoms with van der Waals surface area (Å²) in [5.41, 5.74) is -1.70. The molecule has 1 fully saturated rings. The summed E-state index contributed by atoms with van der Waals surface area (Å²) < 4.78 is 5.08. The Labute approximate surface area is 102 Å². The number of hydrogen-bond donors (Lipinski definition) is 1. The summed E-state index contributed by atoms with van der Waals surface area (Å²) >= 11 is 0. The van der Waals surface area contributed by atoms with E-state index in [4.69, 9.17) is 4.74 Å². The molecule has 0 aromatic carbocycles. The van der Waals surface area contributed by atoms with Gasteiger partial charge in [-0.2, -0.15) is 0 Å². The molecule has 1 atom stereocenters. The van der Waals surface area contributed by atoms with E-state index < -0.39 is 11.1 Å². The van der Waals surface area contributed by atoms with Crippen LogP contribution < -0.4 is 5.32 Å². The van der Waals surface area contributed by atoms with E-state index in [9.17, 15) is 9.59 Å². The predicted octanol–water partition coefficient (Wildman–Crippen LogP) is 0.537. The average molecular weight is 242 g/mol. The zero-order chi connectivity index (χ0) is 13.4. The molecule has 0 spiro atoms. The number of nitrogens with zero attached hydrogens (tertiary/aromatic N) is 1. The smallest absolute Gasteiger partial charge is 0.248 e. The zero-order valence-electron chi connectivity index (χ0n) is 11.5. The fraction of sp³-hybridized carbons (Fsp3) is 0.833. The number of amides is 2. The van der Waals surface area contributed by atoms with E-state index in [2.05, 4.69) is 5.32 Å². The molecule has 98 valence electrons. The van der Waals surface area contributed by atoms with Gasteiger partial charge in [0.1, 0.15) is 11.1 Å². The summed E-state index contributed by atoms with van der Waals surface area (Å²) in [6.07, 6.45) is 0. The Morgan fingerprint density at radius 1 is 1.29 bits per heavy atom. The van der Waals surface area contributed by atoms with Crippen molar-refractivity contribution in [2.75, 3.05) is 13.7 Å². The first-order chi connectivity index (χ1) is 7.64. The second kappa shape index (κ2) is 4.29. The lowest BCUT2D eigenvalue weighted by atomic mass is 9.88. The molecular formula is C12H22N2O3. The highest BCUT2D eigenvalue weighted by molar-refractivity contribution is 6.01. The van der Waals surface area contributed by atoms with Crippen molar-refractivity contribution in [2.45, 2.75) is 51.7 Å². The predicted molar refractivity (Wildman–Crippen MR) is 64.5 cm³/mol. The van der Waals surface area contributed by atoms with Crippen LogP contribution in [0.2, 0.25) is 0 Å². The second-order valence-electron chi connectivity index (χ2n) is 5.62. The van der Waals surface area contributed by atoms with Gasteiger partial charge in [0, 0.05) is 7.11 Å². The molecule has 5 nitrogen and oxygen atoms in total. The van der Waals surface area contributed by atoms with Crippen LogP contribution in [0.1, 0.15) is 34.6 Å². The van der Waals surface area contributed by atoms with Gasteiger partial charge in [0.25, 0.3) is 0 Å². The standard InChI is InChI=1S/C12H22N2O3/c1-8(7-17-6)14-10(16)11(2,3)13-9(15)12(14,4)5/h8H,7H2,1-6H3,(H,13,15). The molecule has 1 N–H and O–H groups in total. The van der Waals surface area contributed by atoms with Gasteiger partial charge in [0.2, 0.25) is 11.8 Å². The third-order valence-electron chi connectivity index (χ3n) is 3.19. The third kappa shape index (κ3) is 2.29. The Balaban J connectivity index is 3.11. The lowest BCUT2D eigenvalue weighted by molar-refractivity contribution is -0.163. The molecule has 0 bridgehead atoms. The van der Waals surface area contributed by atoms with E-state index in [0.717, 1.165) is 0 Å². The third-order valence-corrected chi connectivity index (χ3v) is 3.19. The summed E-state index contributed by atoms with van der Waals surface area (Å²) in [6.45, 7) is 9.24. The Morgan fingerprint density at radius 2 is 1.82 bits per heavy atom. The molecule has 0 aliphatic carbocycles. The van der Waals surface area contributed by atoms with Crippen molar-refractivity contribution in [1.29, 1.82) is 0 Å². The lowest BCUT2D eigenvalue weighted by Gasteiger charge is -2.50. The van der Waals surface area contributed by atoms with E-state index in [-0.39, 0.29) is 17.9 Å². The highest BCUT2D eigenvalue weighted by atomic mass is 16.5. The first-order valence-corrected chi connectivity index (χ1v) is 5.80. The molecule has 0 saturated carbocycles. The molecule has 1 unspecified atom stereocenters. The fourth-order valence-corrected chi connectivity index (χ4v) is 2.22. The summed E-state index contributed by atoms with van der Waals surface area (Å²) in [7, 11) is 1.59. The van der Waals surface area contributed by atoms with Gasteiger partial charge in [-0.1, -0.05) is 0 Å². The summed E-state index contributed by atoms with van der Waals surface area (Å²) in [4.78, 5) is 26.1. The molecular weight excluding hydrogens is 220 g/mol. The van der Waals surface area contributed by atoms with Gasteiger partial charge in [-0.05, 0) is 34.6 Å². The van der Waals surface area contributed by atoms with E-state index in [1.54, 1.807) is 39.7 Å². The van der Waals surface area contributed by atoms with Gasteiger partial charge in [0.05, 0.1) is 12.6 Å². The van der Waals surface area contributed by atoms with Gasteiger partial charge >= 0.3 is 0 Å². The minimum atomic E-state index is -0.853. The summed E-state index contributed by atoms with van der Waals surface area (Å²) in [5.74, 6) is -0.211. The van der Waals surface area contributed by atoms with Crippen LogP contribution in [0.3, 0.4) is 0 Å². The van der Waals surface area contributed by atoms with Gasteiger partial charge in [-0.3, -0.25) is 9.59 Å². The molecule has 0 radical (unpaired) electrons. The van der Waals surface area contributed by atoms with Crippen molar-refractivity contribution in [3.8, 4) is 0 Å². The SMILES string of the molecule is COCC(C)N1C(=O)C(C)(C)NC(=O)C1(C)C. The lowest BCUT2D eigenvalue weighted by Crippen LogP contribution is -2.74. The molecule has 1 heterocycles. The Hall–Kier alpha value is -1.10. The van der Waals surface area contributed by atoms with Crippen LogP contribution in [0.15, 0.2) is 0 Å². The van der Waals surface area contributed by atoms with Crippen molar-refractivity contribution in [3.63, 3.8) is 0 Å². The molecule has 1 aliphatic rings. The van der Waals surface area contributed by atoms with Crippen LogP contribution in [0.5, 0.6) is 0 Å². The summed E-state index contributed by atoms with van der Waals surface area (Å²) in [6, 6.07) is -0.132. The Morgan fingerprint density at radius 3 is 2.29 bits per heavy atom. The van der Waals surface area contributed by atoms with Crippen LogP contribution in [0.4, 0.5) is 0 Å². The molecule has 1 rings (SSSR count). The van der Waals surface area contributed by atoms with Crippen molar-refractivity contribution >= 4 is 11.8 Å². The molecule has 0 aromatic heterocycles. The molecule has 1 aliphatic heterocycles. The van der Waals surface area contributed by atoms with Crippen LogP contribution in [0, 0.1) is 0 Å². The number of nitrogens with one attached hydrogen (secondary N) is 1. The van der Waals surface area contributed by atoms with Gasteiger partial charge in [-0.25, -0.2) is 0 Å². The maximum Gasteiger partial charge on any atom is 0.248 e. The minimum Gasteiger partial charge on any atom is -0.383 e. The molecule has 1 saturated heterocycles. The highest BCUT2D eigenvalue weighted by Crippen LogP contribution is 2.28. The molecule has 2 amide bonds. The number of rotatable bonds is 3. The maximum atomic E-state index is 12.4. The van der Waals surface area contributed by atoms with E-state index in [0.29, 0.717) is 6.61 Å². The topological polar surface area (TPSA) is 58.6 Å². The van der Waals surface area contributed by atoms with E-state index in [1.165, 1.54) is 0 Å². The number of methoxy groups -OCH3 is 1. The van der Waals surface area contributed by atoms with Crippen molar-refractivity contribution in [2.24, 2.45) is 0 Å². The van der Waals surface area contributed by atoms with Gasteiger partial charge in [0.15, 0.2) is 0 Å². The quantitative estimate of drug-likeness (QED) is 0.785. The first-order valence-electron chi connectivity index (χ1n) is 5.80. The highest BCUT2D eigenvalue weighted by Gasteiger charge is 2.51.